The van der Waals surface area contributed by atoms with Crippen LogP contribution < -0.4 is 0 Å². The number of rotatable bonds is 1. The van der Waals surface area contributed by atoms with E-state index in [0.717, 1.165) is 0 Å². The second-order valence-electron chi connectivity index (χ2n) is 3.43. The van der Waals surface area contributed by atoms with Gasteiger partial charge in [0, 0.05) is 6.20 Å². The van der Waals surface area contributed by atoms with Crippen molar-refractivity contribution >= 4 is 17.2 Å². The zero-order chi connectivity index (χ0) is 10.3. The fourth-order valence-electron chi connectivity index (χ4n) is 1.18. The predicted molar refractivity (Wildman–Crippen MR) is 49.9 cm³/mol. The minimum absolute atomic E-state index is 0.219. The molecule has 0 saturated carbocycles. The summed E-state index contributed by atoms with van der Waals surface area (Å²) in [5.74, 6) is 0.219. The predicted octanol–water partition coefficient (Wildman–Crippen LogP) is 1.98. The fraction of sp³-hybridized carbons (Fsp3) is 0.375. The second-order valence-corrected chi connectivity index (χ2v) is 3.82. The third-order valence-corrected chi connectivity index (χ3v) is 1.99. The maximum absolute atomic E-state index is 13.6. The van der Waals surface area contributed by atoms with Crippen LogP contribution in [-0.2, 0) is 5.67 Å². The van der Waals surface area contributed by atoms with Crippen molar-refractivity contribution in [3.63, 3.8) is 0 Å². The normalized spacial score (nSPS) is 12.3. The van der Waals surface area contributed by atoms with Gasteiger partial charge in [-0.25, -0.2) is 9.37 Å². The molecule has 0 bridgehead atoms. The Morgan fingerprint density at radius 3 is 2.79 bits per heavy atom. The summed E-state index contributed by atoms with van der Waals surface area (Å²) in [6, 6.07) is 0. The van der Waals surface area contributed by atoms with Crippen molar-refractivity contribution < 1.29 is 4.39 Å². The van der Waals surface area contributed by atoms with Crippen LogP contribution in [-0.4, -0.2) is 19.6 Å². The zero-order valence-electron chi connectivity index (χ0n) is 7.70. The summed E-state index contributed by atoms with van der Waals surface area (Å²) >= 11 is 5.69. The molecule has 0 saturated heterocycles. The molecule has 2 aromatic heterocycles. The van der Waals surface area contributed by atoms with Crippen molar-refractivity contribution in [1.29, 1.82) is 0 Å². The van der Waals surface area contributed by atoms with E-state index in [9.17, 15) is 4.39 Å². The lowest BCUT2D eigenvalue weighted by Crippen LogP contribution is -2.14. The summed E-state index contributed by atoms with van der Waals surface area (Å²) in [6.45, 7) is 2.83. The van der Waals surface area contributed by atoms with Gasteiger partial charge in [0.15, 0.2) is 17.1 Å². The van der Waals surface area contributed by atoms with E-state index >= 15 is 0 Å². The van der Waals surface area contributed by atoms with E-state index in [-0.39, 0.29) is 11.0 Å². The average Bonchev–Trinajstić information content (AvgIpc) is 2.45. The van der Waals surface area contributed by atoms with Gasteiger partial charge in [-0.1, -0.05) is 11.6 Å². The van der Waals surface area contributed by atoms with Crippen molar-refractivity contribution in [2.75, 3.05) is 0 Å². The van der Waals surface area contributed by atoms with Crippen molar-refractivity contribution in [3.8, 4) is 0 Å². The minimum Gasteiger partial charge on any atom is -0.279 e. The van der Waals surface area contributed by atoms with Gasteiger partial charge in [-0.05, 0) is 13.8 Å². The Balaban J connectivity index is 2.73. The monoisotopic (exact) mass is 214 g/mol. The summed E-state index contributed by atoms with van der Waals surface area (Å²) < 4.78 is 15.1. The van der Waals surface area contributed by atoms with Crippen LogP contribution in [0.4, 0.5) is 4.39 Å². The van der Waals surface area contributed by atoms with Gasteiger partial charge in [-0.2, -0.15) is 0 Å². The molecular weight excluding hydrogens is 207 g/mol. The molecule has 0 amide bonds. The highest BCUT2D eigenvalue weighted by Gasteiger charge is 2.25. The SMILES string of the molecule is CC(C)(F)c1nnc2cnc(Cl)cn12. The topological polar surface area (TPSA) is 43.1 Å². The van der Waals surface area contributed by atoms with Gasteiger partial charge in [0.25, 0.3) is 0 Å². The summed E-state index contributed by atoms with van der Waals surface area (Å²) in [7, 11) is 0. The Morgan fingerprint density at radius 2 is 2.14 bits per heavy atom. The molecule has 0 fully saturated rings. The Kier molecular flexibility index (Phi) is 1.92. The number of nitrogens with zero attached hydrogens (tertiary/aromatic N) is 4. The highest BCUT2D eigenvalue weighted by molar-refractivity contribution is 6.29. The Morgan fingerprint density at radius 1 is 1.43 bits per heavy atom. The number of hydrogen-bond acceptors (Lipinski definition) is 3. The lowest BCUT2D eigenvalue weighted by molar-refractivity contribution is 0.204. The Hall–Kier alpha value is -1.23. The smallest absolute Gasteiger partial charge is 0.179 e. The molecule has 6 heteroatoms. The highest BCUT2D eigenvalue weighted by atomic mass is 35.5. The van der Waals surface area contributed by atoms with Gasteiger partial charge in [-0.3, -0.25) is 4.40 Å². The first-order valence-electron chi connectivity index (χ1n) is 4.04. The first kappa shape index (κ1) is 9.33. The molecule has 0 spiro atoms. The molecule has 0 aliphatic heterocycles. The molecule has 0 radical (unpaired) electrons. The quantitative estimate of drug-likeness (QED) is 0.729. The second kappa shape index (κ2) is 2.88. The van der Waals surface area contributed by atoms with E-state index in [1.54, 1.807) is 0 Å². The molecule has 4 nitrogen and oxygen atoms in total. The standard InChI is InChI=1S/C8H8ClFN4/c1-8(2,10)7-13-12-6-3-11-5(9)4-14(6)7/h3-4H,1-2H3. The van der Waals surface area contributed by atoms with Crippen molar-refractivity contribution in [1.82, 2.24) is 19.6 Å². The van der Waals surface area contributed by atoms with Crippen LogP contribution in [0, 0.1) is 0 Å². The fourth-order valence-corrected chi connectivity index (χ4v) is 1.33. The maximum Gasteiger partial charge on any atom is 0.179 e. The van der Waals surface area contributed by atoms with Crippen LogP contribution in [0.2, 0.25) is 5.15 Å². The van der Waals surface area contributed by atoms with Crippen LogP contribution in [0.25, 0.3) is 5.65 Å². The van der Waals surface area contributed by atoms with E-state index in [4.69, 9.17) is 11.6 Å². The number of hydrogen-bond donors (Lipinski definition) is 0. The highest BCUT2D eigenvalue weighted by Crippen LogP contribution is 2.23. The Bertz CT molecular complexity index is 474. The van der Waals surface area contributed by atoms with E-state index < -0.39 is 5.67 Å². The van der Waals surface area contributed by atoms with Crippen LogP contribution in [0.5, 0.6) is 0 Å². The number of halogens is 2. The lowest BCUT2D eigenvalue weighted by atomic mass is 10.1. The molecule has 74 valence electrons. The Labute approximate surface area is 84.7 Å². The van der Waals surface area contributed by atoms with Crippen molar-refractivity contribution in [2.45, 2.75) is 19.5 Å². The van der Waals surface area contributed by atoms with Crippen LogP contribution in [0.1, 0.15) is 19.7 Å². The summed E-state index contributed by atoms with van der Waals surface area (Å²) in [5, 5.41) is 7.81. The number of alkyl halides is 1. The molecule has 0 atom stereocenters. The molecule has 0 aromatic carbocycles. The number of fused-ring (bicyclic) bond motifs is 1. The van der Waals surface area contributed by atoms with Crippen LogP contribution in [0.3, 0.4) is 0 Å². The van der Waals surface area contributed by atoms with E-state index in [2.05, 4.69) is 15.2 Å². The van der Waals surface area contributed by atoms with E-state index in [1.165, 1.54) is 30.6 Å². The van der Waals surface area contributed by atoms with Gasteiger partial charge in [0.2, 0.25) is 0 Å². The maximum atomic E-state index is 13.6. The first-order valence-corrected chi connectivity index (χ1v) is 4.42. The van der Waals surface area contributed by atoms with Gasteiger partial charge in [-0.15, -0.1) is 10.2 Å². The summed E-state index contributed by atoms with van der Waals surface area (Å²) in [4.78, 5) is 3.82. The molecule has 0 aliphatic rings. The lowest BCUT2D eigenvalue weighted by Gasteiger charge is -2.10. The average molecular weight is 215 g/mol. The van der Waals surface area contributed by atoms with E-state index in [0.29, 0.717) is 5.65 Å². The molecule has 2 rings (SSSR count). The summed E-state index contributed by atoms with van der Waals surface area (Å²) in [6.07, 6.45) is 2.94. The van der Waals surface area contributed by atoms with Crippen molar-refractivity contribution in [2.24, 2.45) is 0 Å². The van der Waals surface area contributed by atoms with Crippen LogP contribution >= 0.6 is 11.6 Å². The number of aromatic nitrogens is 4. The molecule has 2 heterocycles. The molecule has 0 unspecified atom stereocenters. The zero-order valence-corrected chi connectivity index (χ0v) is 8.46. The van der Waals surface area contributed by atoms with Gasteiger partial charge in [0.05, 0.1) is 6.20 Å². The van der Waals surface area contributed by atoms with Crippen LogP contribution in [0.15, 0.2) is 12.4 Å². The largest absolute Gasteiger partial charge is 0.279 e. The van der Waals surface area contributed by atoms with Gasteiger partial charge in [0.1, 0.15) is 5.15 Å². The molecule has 0 aliphatic carbocycles. The minimum atomic E-state index is -1.55. The first-order chi connectivity index (χ1) is 6.48. The van der Waals surface area contributed by atoms with Gasteiger partial charge < -0.3 is 0 Å². The van der Waals surface area contributed by atoms with Gasteiger partial charge >= 0.3 is 0 Å². The van der Waals surface area contributed by atoms with E-state index in [1.807, 2.05) is 0 Å². The van der Waals surface area contributed by atoms with Crippen molar-refractivity contribution in [3.05, 3.63) is 23.4 Å². The summed E-state index contributed by atoms with van der Waals surface area (Å²) in [5.41, 5.74) is -1.07. The third-order valence-electron chi connectivity index (χ3n) is 1.79. The third kappa shape index (κ3) is 1.43. The molecule has 14 heavy (non-hydrogen) atoms. The molecule has 0 N–H and O–H groups in total. The molecular formula is C8H8ClFN4. The molecule has 2 aromatic rings.